The molecule has 0 saturated carbocycles. The van der Waals surface area contributed by atoms with Crippen LogP contribution in [0, 0.1) is 5.82 Å². The van der Waals surface area contributed by atoms with E-state index in [4.69, 9.17) is 9.52 Å². The Bertz CT molecular complexity index is 507. The first kappa shape index (κ1) is 10.2. The number of anilines is 2. The Morgan fingerprint density at radius 3 is 2.62 bits per heavy atom. The van der Waals surface area contributed by atoms with Crippen molar-refractivity contribution in [3.8, 4) is 0 Å². The summed E-state index contributed by atoms with van der Waals surface area (Å²) in [4.78, 5) is 14.2. The lowest BCUT2D eigenvalue weighted by Gasteiger charge is -1.99. The number of aromatic carboxylic acids is 1. The molecule has 82 valence electrons. The molecule has 1 aromatic heterocycles. The van der Waals surface area contributed by atoms with E-state index in [-0.39, 0.29) is 17.5 Å². The van der Waals surface area contributed by atoms with Gasteiger partial charge in [0.05, 0.1) is 0 Å². The lowest BCUT2D eigenvalue weighted by molar-refractivity contribution is 0.0690. The molecule has 0 amide bonds. The molecule has 16 heavy (non-hydrogen) atoms. The smallest absolute Gasteiger partial charge is 0.357 e. The maximum atomic E-state index is 12.6. The maximum Gasteiger partial charge on any atom is 0.357 e. The van der Waals surface area contributed by atoms with Gasteiger partial charge in [-0.25, -0.2) is 9.18 Å². The molecule has 5 nitrogen and oxygen atoms in total. The van der Waals surface area contributed by atoms with Crippen molar-refractivity contribution in [2.24, 2.45) is 0 Å². The van der Waals surface area contributed by atoms with Gasteiger partial charge in [0, 0.05) is 5.69 Å². The quantitative estimate of drug-likeness (QED) is 0.832. The summed E-state index contributed by atoms with van der Waals surface area (Å²) in [7, 11) is 0. The van der Waals surface area contributed by atoms with E-state index in [9.17, 15) is 9.18 Å². The minimum atomic E-state index is -1.17. The number of nitrogens with one attached hydrogen (secondary N) is 1. The summed E-state index contributed by atoms with van der Waals surface area (Å²) in [5.74, 6) is -1.53. The van der Waals surface area contributed by atoms with Gasteiger partial charge >= 0.3 is 5.97 Å². The summed E-state index contributed by atoms with van der Waals surface area (Å²) in [5.41, 5.74) is 0.366. The van der Waals surface area contributed by atoms with Gasteiger partial charge in [0.25, 0.3) is 6.01 Å². The first-order valence-corrected chi connectivity index (χ1v) is 4.36. The molecule has 0 aliphatic rings. The molecule has 2 rings (SSSR count). The molecule has 0 aliphatic heterocycles. The van der Waals surface area contributed by atoms with Crippen LogP contribution in [-0.2, 0) is 0 Å². The number of hydrogen-bond donors (Lipinski definition) is 2. The van der Waals surface area contributed by atoms with Crippen molar-refractivity contribution in [3.05, 3.63) is 42.0 Å². The molecule has 2 aromatic rings. The number of carboxylic acids is 1. The number of benzene rings is 1. The van der Waals surface area contributed by atoms with Gasteiger partial charge in [-0.15, -0.1) is 0 Å². The van der Waals surface area contributed by atoms with Crippen molar-refractivity contribution in [1.82, 2.24) is 4.98 Å². The normalized spacial score (nSPS) is 10.1. The summed E-state index contributed by atoms with van der Waals surface area (Å²) in [5, 5.41) is 11.3. The second-order valence-electron chi connectivity index (χ2n) is 2.97. The van der Waals surface area contributed by atoms with Crippen molar-refractivity contribution < 1.29 is 18.7 Å². The van der Waals surface area contributed by atoms with E-state index in [0.717, 1.165) is 6.26 Å². The fraction of sp³-hybridized carbons (Fsp3) is 0. The van der Waals surface area contributed by atoms with E-state index >= 15 is 0 Å². The number of halogens is 1. The van der Waals surface area contributed by atoms with Gasteiger partial charge < -0.3 is 14.8 Å². The Labute approximate surface area is 89.5 Å². The Morgan fingerprint density at radius 2 is 2.06 bits per heavy atom. The van der Waals surface area contributed by atoms with Crippen LogP contribution < -0.4 is 5.32 Å². The molecular weight excluding hydrogens is 215 g/mol. The standard InChI is InChI=1S/C10H7FN2O3/c11-6-1-3-7(4-2-6)12-10-13-8(5-16-10)9(14)15/h1-5H,(H,12,13)(H,14,15). The number of aromatic nitrogens is 1. The topological polar surface area (TPSA) is 75.4 Å². The number of hydrogen-bond acceptors (Lipinski definition) is 4. The predicted octanol–water partition coefficient (Wildman–Crippen LogP) is 2.26. The van der Waals surface area contributed by atoms with Crippen molar-refractivity contribution in [3.63, 3.8) is 0 Å². The average molecular weight is 222 g/mol. The van der Waals surface area contributed by atoms with Crippen LogP contribution in [0.1, 0.15) is 10.5 Å². The second-order valence-corrected chi connectivity index (χ2v) is 2.97. The zero-order chi connectivity index (χ0) is 11.5. The Balaban J connectivity index is 2.14. The van der Waals surface area contributed by atoms with E-state index in [1.165, 1.54) is 24.3 Å². The maximum absolute atomic E-state index is 12.6. The highest BCUT2D eigenvalue weighted by Crippen LogP contribution is 2.16. The fourth-order valence-corrected chi connectivity index (χ4v) is 1.09. The molecule has 0 radical (unpaired) electrons. The van der Waals surface area contributed by atoms with Crippen LogP contribution >= 0.6 is 0 Å². The SMILES string of the molecule is O=C(O)c1coc(Nc2ccc(F)cc2)n1. The Kier molecular flexibility index (Phi) is 2.55. The van der Waals surface area contributed by atoms with Gasteiger partial charge in [0.2, 0.25) is 0 Å². The summed E-state index contributed by atoms with van der Waals surface area (Å²) < 4.78 is 17.5. The molecule has 0 bridgehead atoms. The third-order valence-corrected chi connectivity index (χ3v) is 1.82. The largest absolute Gasteiger partial charge is 0.476 e. The molecule has 0 saturated heterocycles. The summed E-state index contributed by atoms with van der Waals surface area (Å²) in [6.07, 6.45) is 1.02. The molecule has 2 N–H and O–H groups in total. The highest BCUT2D eigenvalue weighted by atomic mass is 19.1. The molecule has 0 aliphatic carbocycles. The summed E-state index contributed by atoms with van der Waals surface area (Å²) in [6.45, 7) is 0. The second kappa shape index (κ2) is 4.01. The Morgan fingerprint density at radius 1 is 1.38 bits per heavy atom. The lowest BCUT2D eigenvalue weighted by Crippen LogP contribution is -1.97. The van der Waals surface area contributed by atoms with Gasteiger partial charge in [-0.2, -0.15) is 4.98 Å². The number of rotatable bonds is 3. The molecule has 1 aromatic carbocycles. The van der Waals surface area contributed by atoms with Crippen LogP contribution in [0.2, 0.25) is 0 Å². The highest BCUT2D eigenvalue weighted by Gasteiger charge is 2.09. The summed E-state index contributed by atoms with van der Waals surface area (Å²) >= 11 is 0. The van der Waals surface area contributed by atoms with Gasteiger partial charge in [0.15, 0.2) is 5.69 Å². The average Bonchev–Trinajstić information content (AvgIpc) is 2.70. The van der Waals surface area contributed by atoms with Gasteiger partial charge in [-0.1, -0.05) is 0 Å². The van der Waals surface area contributed by atoms with Crippen molar-refractivity contribution in [2.75, 3.05) is 5.32 Å². The van der Waals surface area contributed by atoms with Crippen LogP contribution in [0.5, 0.6) is 0 Å². The van der Waals surface area contributed by atoms with E-state index in [2.05, 4.69) is 10.3 Å². The molecule has 0 unspecified atom stereocenters. The van der Waals surface area contributed by atoms with Gasteiger partial charge in [0.1, 0.15) is 12.1 Å². The lowest BCUT2D eigenvalue weighted by atomic mass is 10.3. The fourth-order valence-electron chi connectivity index (χ4n) is 1.09. The molecular formula is C10H7FN2O3. The van der Waals surface area contributed by atoms with Gasteiger partial charge in [-0.05, 0) is 24.3 Å². The van der Waals surface area contributed by atoms with Crippen molar-refractivity contribution in [2.45, 2.75) is 0 Å². The van der Waals surface area contributed by atoms with Crippen molar-refractivity contribution in [1.29, 1.82) is 0 Å². The first-order valence-electron chi connectivity index (χ1n) is 4.36. The minimum absolute atomic E-state index is 0.0454. The molecule has 0 fully saturated rings. The monoisotopic (exact) mass is 222 g/mol. The number of carbonyl (C=O) groups is 1. The third-order valence-electron chi connectivity index (χ3n) is 1.82. The van der Waals surface area contributed by atoms with Crippen LogP contribution in [0.3, 0.4) is 0 Å². The molecule has 6 heteroatoms. The Hall–Kier alpha value is -2.37. The van der Waals surface area contributed by atoms with Crippen LogP contribution in [0.25, 0.3) is 0 Å². The minimum Gasteiger partial charge on any atom is -0.476 e. The van der Waals surface area contributed by atoms with E-state index < -0.39 is 5.97 Å². The zero-order valence-electron chi connectivity index (χ0n) is 7.98. The van der Waals surface area contributed by atoms with Gasteiger partial charge in [-0.3, -0.25) is 0 Å². The van der Waals surface area contributed by atoms with Crippen LogP contribution in [-0.4, -0.2) is 16.1 Å². The van der Waals surface area contributed by atoms with E-state index in [1.807, 2.05) is 0 Å². The van der Waals surface area contributed by atoms with Crippen molar-refractivity contribution >= 4 is 17.7 Å². The molecule has 0 atom stereocenters. The van der Waals surface area contributed by atoms with E-state index in [1.54, 1.807) is 0 Å². The first-order chi connectivity index (χ1) is 7.65. The predicted molar refractivity (Wildman–Crippen MR) is 53.1 cm³/mol. The molecule has 0 spiro atoms. The zero-order valence-corrected chi connectivity index (χ0v) is 7.98. The number of carboxylic acid groups (broad SMARTS) is 1. The number of nitrogens with zero attached hydrogens (tertiary/aromatic N) is 1. The summed E-state index contributed by atoms with van der Waals surface area (Å²) in [6, 6.07) is 5.55. The van der Waals surface area contributed by atoms with Crippen LogP contribution in [0.4, 0.5) is 16.1 Å². The highest BCUT2D eigenvalue weighted by molar-refractivity contribution is 5.85. The molecule has 1 heterocycles. The number of oxazole rings is 1. The van der Waals surface area contributed by atoms with E-state index in [0.29, 0.717) is 5.69 Å². The third kappa shape index (κ3) is 2.17. The van der Waals surface area contributed by atoms with Crippen LogP contribution in [0.15, 0.2) is 34.9 Å².